The minimum Gasteiger partial charge on any atom is -0.371 e. The summed E-state index contributed by atoms with van der Waals surface area (Å²) in [6.07, 6.45) is 1.75. The predicted molar refractivity (Wildman–Crippen MR) is 184 cm³/mol. The molecule has 0 saturated carbocycles. The van der Waals surface area contributed by atoms with Gasteiger partial charge in [0.25, 0.3) is 0 Å². The smallest absolute Gasteiger partial charge is 0.196 e. The fraction of sp³-hybridized carbons (Fsp3) is 0.0250. The first-order valence-electron chi connectivity index (χ1n) is 15.5. The number of hydrogen-bond donors (Lipinski definition) is 3. The molecule has 1 unspecified atom stereocenters. The van der Waals surface area contributed by atoms with Crippen LogP contribution in [0.4, 0.5) is 28.4 Å². The summed E-state index contributed by atoms with van der Waals surface area (Å²) in [5.74, 6) is -1.16. The first kappa shape index (κ1) is 27.6. The number of hydrogen-bond acceptors (Lipinski definition) is 8. The summed E-state index contributed by atoms with van der Waals surface area (Å²) >= 11 is 0. The number of ketones is 4. The molecule has 8 heteroatoms. The van der Waals surface area contributed by atoms with Gasteiger partial charge in [-0.2, -0.15) is 0 Å². The summed E-state index contributed by atoms with van der Waals surface area (Å²) in [6, 6.07) is 33.3. The second kappa shape index (κ2) is 10.4. The Labute approximate surface area is 274 Å². The summed E-state index contributed by atoms with van der Waals surface area (Å²) in [5.41, 5.74) is 5.73. The summed E-state index contributed by atoms with van der Waals surface area (Å²) < 4.78 is 0. The number of carbonyl (C=O) groups is 4. The lowest BCUT2D eigenvalue weighted by molar-refractivity contribution is 0.0974. The number of carbonyl (C=O) groups excluding carboxylic acids is 4. The fourth-order valence-corrected chi connectivity index (χ4v) is 6.97. The molecule has 0 fully saturated rings. The number of allylic oxidation sites excluding steroid dienone is 1. The molecule has 0 radical (unpaired) electrons. The van der Waals surface area contributed by atoms with Crippen LogP contribution in [0.3, 0.4) is 0 Å². The highest BCUT2D eigenvalue weighted by atomic mass is 16.1. The number of anilines is 4. The molecule has 0 saturated heterocycles. The number of rotatable bonds is 4. The first-order chi connectivity index (χ1) is 23.5. The van der Waals surface area contributed by atoms with E-state index in [1.165, 1.54) is 0 Å². The highest BCUT2D eigenvalue weighted by Crippen LogP contribution is 2.47. The number of benzene rings is 5. The minimum absolute atomic E-state index is 0.176. The molecule has 1 aliphatic heterocycles. The zero-order valence-corrected chi connectivity index (χ0v) is 25.2. The van der Waals surface area contributed by atoms with Crippen LogP contribution < -0.4 is 16.0 Å². The number of para-hydroxylation sites is 2. The van der Waals surface area contributed by atoms with Crippen LogP contribution in [-0.2, 0) is 0 Å². The number of fused-ring (bicyclic) bond motifs is 7. The number of nitrogens with zero attached hydrogens (tertiary/aromatic N) is 1. The average Bonchev–Trinajstić information content (AvgIpc) is 3.12. The van der Waals surface area contributed by atoms with E-state index in [1.54, 1.807) is 60.7 Å². The Kier molecular flexibility index (Phi) is 6.00. The lowest BCUT2D eigenvalue weighted by Crippen LogP contribution is -2.43. The van der Waals surface area contributed by atoms with Crippen molar-refractivity contribution >= 4 is 57.3 Å². The van der Waals surface area contributed by atoms with Crippen LogP contribution in [0.25, 0.3) is 0 Å². The van der Waals surface area contributed by atoms with Crippen LogP contribution in [0, 0.1) is 0 Å². The van der Waals surface area contributed by atoms with Crippen molar-refractivity contribution in [3.63, 3.8) is 0 Å². The lowest BCUT2D eigenvalue weighted by atomic mass is 9.75. The van der Waals surface area contributed by atoms with Crippen molar-refractivity contribution < 1.29 is 19.2 Å². The van der Waals surface area contributed by atoms with Crippen molar-refractivity contribution in [1.82, 2.24) is 0 Å². The standard InChI is InChI=1S/C40H24N4O4/c45-37-23-15-7-9-17-25(23)39(47)33-31(37)27(41-21-11-3-1-4-12-21)19-29-35(33)44-30-20-28(42-22-13-5-2-6-14-22)32-34(36(30)43-29)40(48)26-18-10-8-16-24(26)38(32)46/h1-20,35,41-42,44H. The van der Waals surface area contributed by atoms with E-state index in [4.69, 9.17) is 4.99 Å². The Morgan fingerprint density at radius 3 is 1.71 bits per heavy atom. The third-order valence-corrected chi connectivity index (χ3v) is 9.12. The van der Waals surface area contributed by atoms with Gasteiger partial charge in [0.1, 0.15) is 0 Å². The van der Waals surface area contributed by atoms with Gasteiger partial charge in [-0.3, -0.25) is 19.2 Å². The summed E-state index contributed by atoms with van der Waals surface area (Å²) in [6.45, 7) is 0. The molecular weight excluding hydrogens is 600 g/mol. The van der Waals surface area contributed by atoms with Crippen LogP contribution in [0.15, 0.2) is 143 Å². The lowest BCUT2D eigenvalue weighted by Gasteiger charge is -2.36. The van der Waals surface area contributed by atoms with Gasteiger partial charge in [0.05, 0.1) is 51.2 Å². The third kappa shape index (κ3) is 4.06. The van der Waals surface area contributed by atoms with Gasteiger partial charge in [-0.25, -0.2) is 4.99 Å². The van der Waals surface area contributed by atoms with Gasteiger partial charge >= 0.3 is 0 Å². The molecule has 1 atom stereocenters. The van der Waals surface area contributed by atoms with Crippen molar-refractivity contribution in [2.24, 2.45) is 4.99 Å². The van der Waals surface area contributed by atoms with Gasteiger partial charge in [-0.15, -0.1) is 0 Å². The summed E-state index contributed by atoms with van der Waals surface area (Å²) in [5, 5.41) is 10.1. The van der Waals surface area contributed by atoms with Crippen molar-refractivity contribution in [2.45, 2.75) is 6.04 Å². The molecule has 9 rings (SSSR count). The molecule has 3 aliphatic carbocycles. The van der Waals surface area contributed by atoms with Gasteiger partial charge in [-0.05, 0) is 36.4 Å². The molecule has 0 aromatic heterocycles. The van der Waals surface area contributed by atoms with Gasteiger partial charge in [0.15, 0.2) is 23.1 Å². The molecule has 0 spiro atoms. The van der Waals surface area contributed by atoms with Crippen LogP contribution >= 0.6 is 0 Å². The quantitative estimate of drug-likeness (QED) is 0.186. The van der Waals surface area contributed by atoms with E-state index >= 15 is 0 Å². The van der Waals surface area contributed by atoms with E-state index in [9.17, 15) is 19.2 Å². The average molecular weight is 625 g/mol. The number of aliphatic imine (C=N–C) groups is 1. The van der Waals surface area contributed by atoms with E-state index in [-0.39, 0.29) is 45.4 Å². The SMILES string of the molecule is O=C1C2=C(C(=O)c3ccccc31)C1Nc3cc(Nc4ccccc4)c4c(c3N=C1C=C2Nc1ccccc1)C(=O)c1ccccc1C4=O. The maximum Gasteiger partial charge on any atom is 0.196 e. The van der Waals surface area contributed by atoms with Gasteiger partial charge in [0.2, 0.25) is 0 Å². The molecule has 1 heterocycles. The Hall–Kier alpha value is -6.67. The zero-order valence-electron chi connectivity index (χ0n) is 25.2. The molecule has 48 heavy (non-hydrogen) atoms. The number of nitrogens with one attached hydrogen (secondary N) is 3. The maximum atomic E-state index is 14.3. The summed E-state index contributed by atoms with van der Waals surface area (Å²) in [7, 11) is 0. The topological polar surface area (TPSA) is 117 Å². The largest absolute Gasteiger partial charge is 0.371 e. The molecule has 0 bridgehead atoms. The fourth-order valence-electron chi connectivity index (χ4n) is 6.97. The normalized spacial score (nSPS) is 17.0. The van der Waals surface area contributed by atoms with E-state index in [0.717, 1.165) is 11.4 Å². The van der Waals surface area contributed by atoms with Crippen molar-refractivity contribution in [1.29, 1.82) is 0 Å². The molecule has 4 aliphatic rings. The van der Waals surface area contributed by atoms with Crippen molar-refractivity contribution in [3.05, 3.63) is 172 Å². The molecule has 5 aromatic carbocycles. The van der Waals surface area contributed by atoms with Crippen LogP contribution in [0.2, 0.25) is 0 Å². The highest BCUT2D eigenvalue weighted by molar-refractivity contribution is 6.35. The first-order valence-corrected chi connectivity index (χ1v) is 15.5. The Morgan fingerprint density at radius 2 is 1.08 bits per heavy atom. The molecular formula is C40H24N4O4. The predicted octanol–water partition coefficient (Wildman–Crippen LogP) is 7.46. The zero-order chi connectivity index (χ0) is 32.5. The Morgan fingerprint density at radius 1 is 0.562 bits per heavy atom. The van der Waals surface area contributed by atoms with Crippen molar-refractivity contribution in [3.8, 4) is 0 Å². The molecule has 3 N–H and O–H groups in total. The second-order valence-electron chi connectivity index (χ2n) is 11.9. The van der Waals surface area contributed by atoms with Gasteiger partial charge < -0.3 is 16.0 Å². The minimum atomic E-state index is -0.789. The maximum absolute atomic E-state index is 14.3. The summed E-state index contributed by atoms with van der Waals surface area (Å²) in [4.78, 5) is 61.7. The van der Waals surface area contributed by atoms with Crippen molar-refractivity contribution in [2.75, 3.05) is 16.0 Å². The molecule has 0 amide bonds. The van der Waals surface area contributed by atoms with Gasteiger partial charge in [0, 0.05) is 39.2 Å². The molecule has 5 aromatic rings. The molecule has 228 valence electrons. The second-order valence-corrected chi connectivity index (χ2v) is 11.9. The van der Waals surface area contributed by atoms with Crippen LogP contribution in [0.5, 0.6) is 0 Å². The monoisotopic (exact) mass is 624 g/mol. The van der Waals surface area contributed by atoms with E-state index in [1.807, 2.05) is 60.7 Å². The van der Waals surface area contributed by atoms with Crippen LogP contribution in [-0.4, -0.2) is 34.9 Å². The van der Waals surface area contributed by atoms with Gasteiger partial charge in [-0.1, -0.05) is 84.9 Å². The highest BCUT2D eigenvalue weighted by Gasteiger charge is 2.44. The van der Waals surface area contributed by atoms with E-state index < -0.39 is 6.04 Å². The Balaban J connectivity index is 1.27. The van der Waals surface area contributed by atoms with E-state index in [0.29, 0.717) is 50.7 Å². The third-order valence-electron chi connectivity index (χ3n) is 9.12. The van der Waals surface area contributed by atoms with E-state index in [2.05, 4.69) is 16.0 Å². The Bertz CT molecular complexity index is 2390. The van der Waals surface area contributed by atoms with Crippen LogP contribution in [0.1, 0.15) is 52.6 Å². The molecule has 8 nitrogen and oxygen atoms in total. The number of Topliss-reactive ketones (excluding diaryl/α,β-unsaturated/α-hetero) is 2.